The first-order valence-electron chi connectivity index (χ1n) is 6.33. The molecule has 0 unspecified atom stereocenters. The minimum atomic E-state index is 0.392. The van der Waals surface area contributed by atoms with Gasteiger partial charge in [-0.15, -0.1) is 5.10 Å². The first-order chi connectivity index (χ1) is 9.20. The Balaban J connectivity index is 2.17. The van der Waals surface area contributed by atoms with Gasteiger partial charge in [-0.1, -0.05) is 29.3 Å². The van der Waals surface area contributed by atoms with Gasteiger partial charge in [0.05, 0.1) is 11.4 Å². The fourth-order valence-electron chi connectivity index (χ4n) is 2.41. The lowest BCUT2D eigenvalue weighted by Gasteiger charge is -2.26. The van der Waals surface area contributed by atoms with E-state index in [0.717, 1.165) is 29.8 Å². The molecule has 0 radical (unpaired) electrons. The average Bonchev–Trinajstić information content (AvgIpc) is 2.74. The van der Waals surface area contributed by atoms with Crippen LogP contribution in [0, 0.1) is 18.3 Å². The highest BCUT2D eigenvalue weighted by Crippen LogP contribution is 2.38. The molecule has 2 aromatic rings. The van der Waals surface area contributed by atoms with Gasteiger partial charge in [0.25, 0.3) is 0 Å². The highest BCUT2D eigenvalue weighted by Gasteiger charge is 2.28. The van der Waals surface area contributed by atoms with Crippen molar-refractivity contribution >= 4 is 11.6 Å². The maximum Gasteiger partial charge on any atom is 0.186 e. The van der Waals surface area contributed by atoms with Gasteiger partial charge in [0, 0.05) is 10.9 Å². The predicted molar refractivity (Wildman–Crippen MR) is 72.4 cm³/mol. The first-order valence-corrected chi connectivity index (χ1v) is 6.70. The molecule has 1 saturated carbocycles. The van der Waals surface area contributed by atoms with Crippen molar-refractivity contribution in [2.45, 2.75) is 32.1 Å². The van der Waals surface area contributed by atoms with E-state index in [-0.39, 0.29) is 0 Å². The summed E-state index contributed by atoms with van der Waals surface area (Å²) in [4.78, 5) is 0. The Bertz CT molecular complexity index is 665. The van der Waals surface area contributed by atoms with Gasteiger partial charge >= 0.3 is 0 Å². The minimum absolute atomic E-state index is 0.392. The van der Waals surface area contributed by atoms with Crippen molar-refractivity contribution in [2.75, 3.05) is 0 Å². The molecule has 0 saturated heterocycles. The van der Waals surface area contributed by atoms with Crippen LogP contribution in [0.4, 0.5) is 0 Å². The van der Waals surface area contributed by atoms with E-state index in [0.29, 0.717) is 16.6 Å². The van der Waals surface area contributed by atoms with Gasteiger partial charge in [0.1, 0.15) is 6.07 Å². The number of aromatic nitrogens is 3. The number of halogens is 1. The van der Waals surface area contributed by atoms with Crippen LogP contribution in [0.5, 0.6) is 0 Å². The van der Waals surface area contributed by atoms with E-state index >= 15 is 0 Å². The van der Waals surface area contributed by atoms with E-state index in [1.54, 1.807) is 4.68 Å². The summed E-state index contributed by atoms with van der Waals surface area (Å²) < 4.78 is 1.78. The topological polar surface area (TPSA) is 54.5 Å². The maximum atomic E-state index is 9.18. The van der Waals surface area contributed by atoms with Gasteiger partial charge in [-0.25, -0.2) is 4.68 Å². The molecule has 3 rings (SSSR count). The maximum absolute atomic E-state index is 9.18. The quantitative estimate of drug-likeness (QED) is 0.842. The highest BCUT2D eigenvalue weighted by atomic mass is 35.5. The molecule has 19 heavy (non-hydrogen) atoms. The van der Waals surface area contributed by atoms with Crippen molar-refractivity contribution in [1.82, 2.24) is 15.0 Å². The molecule has 0 amide bonds. The number of hydrogen-bond donors (Lipinski definition) is 0. The van der Waals surface area contributed by atoms with E-state index in [1.807, 2.05) is 25.1 Å². The predicted octanol–water partition coefficient (Wildman–Crippen LogP) is 3.37. The van der Waals surface area contributed by atoms with Crippen LogP contribution >= 0.6 is 11.6 Å². The molecule has 0 spiro atoms. The molecule has 0 aliphatic heterocycles. The van der Waals surface area contributed by atoms with E-state index in [1.165, 1.54) is 6.42 Å². The van der Waals surface area contributed by atoms with Crippen molar-refractivity contribution in [3.63, 3.8) is 0 Å². The van der Waals surface area contributed by atoms with Crippen LogP contribution in [0.25, 0.3) is 5.69 Å². The summed E-state index contributed by atoms with van der Waals surface area (Å²) in [5.41, 5.74) is 3.34. The van der Waals surface area contributed by atoms with Crippen LogP contribution in [-0.4, -0.2) is 15.0 Å². The van der Waals surface area contributed by atoms with E-state index in [2.05, 4.69) is 16.4 Å². The van der Waals surface area contributed by atoms with E-state index in [9.17, 15) is 5.26 Å². The lowest BCUT2D eigenvalue weighted by atomic mass is 9.82. The summed E-state index contributed by atoms with van der Waals surface area (Å²) in [5.74, 6) is 0.392. The first kappa shape index (κ1) is 12.2. The van der Waals surface area contributed by atoms with Gasteiger partial charge in [-0.3, -0.25) is 0 Å². The van der Waals surface area contributed by atoms with Crippen molar-refractivity contribution < 1.29 is 0 Å². The Morgan fingerprint density at radius 2 is 2.21 bits per heavy atom. The number of rotatable bonds is 2. The van der Waals surface area contributed by atoms with Crippen LogP contribution < -0.4 is 0 Å². The molecule has 5 heteroatoms. The molecule has 1 aliphatic rings. The molecule has 4 nitrogen and oxygen atoms in total. The monoisotopic (exact) mass is 272 g/mol. The van der Waals surface area contributed by atoms with Gasteiger partial charge in [0.15, 0.2) is 5.69 Å². The molecule has 0 bridgehead atoms. The van der Waals surface area contributed by atoms with Crippen LogP contribution in [0.15, 0.2) is 18.2 Å². The van der Waals surface area contributed by atoms with Crippen LogP contribution in [0.2, 0.25) is 5.02 Å². The standard InChI is InChI=1S/C14H13ClN4/c1-9-5-6-11(15)7-13(9)19-14(10-3-2-4-10)12(8-16)17-18-19/h5-7,10H,2-4H2,1H3. The van der Waals surface area contributed by atoms with E-state index in [4.69, 9.17) is 11.6 Å². The zero-order valence-electron chi connectivity index (χ0n) is 10.6. The molecule has 1 fully saturated rings. The second-order valence-electron chi connectivity index (χ2n) is 4.91. The molecule has 96 valence electrons. The van der Waals surface area contributed by atoms with Crippen molar-refractivity contribution in [3.8, 4) is 11.8 Å². The lowest BCUT2D eigenvalue weighted by Crippen LogP contribution is -2.16. The molecule has 1 heterocycles. The normalized spacial score (nSPS) is 15.0. The highest BCUT2D eigenvalue weighted by molar-refractivity contribution is 6.30. The molecular formula is C14H13ClN4. The summed E-state index contributed by atoms with van der Waals surface area (Å²) >= 11 is 6.06. The lowest BCUT2D eigenvalue weighted by molar-refractivity contribution is 0.402. The van der Waals surface area contributed by atoms with Crippen molar-refractivity contribution in [2.24, 2.45) is 0 Å². The third-order valence-electron chi connectivity index (χ3n) is 3.70. The largest absolute Gasteiger partial charge is 0.216 e. The zero-order valence-corrected chi connectivity index (χ0v) is 11.4. The SMILES string of the molecule is Cc1ccc(Cl)cc1-n1nnc(C#N)c1C1CCC1. The Morgan fingerprint density at radius 1 is 1.42 bits per heavy atom. The van der Waals surface area contributed by atoms with Crippen molar-refractivity contribution in [3.05, 3.63) is 40.2 Å². The summed E-state index contributed by atoms with van der Waals surface area (Å²) in [6, 6.07) is 7.82. The van der Waals surface area contributed by atoms with Gasteiger partial charge < -0.3 is 0 Å². The second kappa shape index (κ2) is 4.67. The van der Waals surface area contributed by atoms with Gasteiger partial charge in [0.2, 0.25) is 0 Å². The Labute approximate surface area is 116 Å². The van der Waals surface area contributed by atoms with E-state index < -0.39 is 0 Å². The molecule has 0 N–H and O–H groups in total. The molecule has 0 atom stereocenters. The second-order valence-corrected chi connectivity index (χ2v) is 5.34. The summed E-state index contributed by atoms with van der Waals surface area (Å²) in [5, 5.41) is 18.0. The van der Waals surface area contributed by atoms with Crippen LogP contribution in [0.3, 0.4) is 0 Å². The number of benzene rings is 1. The fraction of sp³-hybridized carbons (Fsp3) is 0.357. The average molecular weight is 273 g/mol. The van der Waals surface area contributed by atoms with Gasteiger partial charge in [-0.05, 0) is 37.5 Å². The third-order valence-corrected chi connectivity index (χ3v) is 3.94. The summed E-state index contributed by atoms with van der Waals surface area (Å²) in [6.07, 6.45) is 3.40. The fourth-order valence-corrected chi connectivity index (χ4v) is 2.57. The Kier molecular flexibility index (Phi) is 3.00. The van der Waals surface area contributed by atoms with Crippen LogP contribution in [-0.2, 0) is 0 Å². The summed E-state index contributed by atoms with van der Waals surface area (Å²) in [7, 11) is 0. The number of aryl methyl sites for hydroxylation is 1. The zero-order chi connectivity index (χ0) is 13.4. The van der Waals surface area contributed by atoms with Gasteiger partial charge in [-0.2, -0.15) is 5.26 Å². The smallest absolute Gasteiger partial charge is 0.186 e. The van der Waals surface area contributed by atoms with Crippen molar-refractivity contribution in [1.29, 1.82) is 5.26 Å². The number of nitriles is 1. The Morgan fingerprint density at radius 3 is 2.84 bits per heavy atom. The Hall–Kier alpha value is -1.86. The number of nitrogens with zero attached hydrogens (tertiary/aromatic N) is 4. The minimum Gasteiger partial charge on any atom is -0.216 e. The third kappa shape index (κ3) is 2.00. The molecule has 1 aromatic heterocycles. The van der Waals surface area contributed by atoms with Crippen LogP contribution in [0.1, 0.15) is 42.1 Å². The molecule has 1 aromatic carbocycles. The molecule has 1 aliphatic carbocycles. The molecular weight excluding hydrogens is 260 g/mol. The number of hydrogen-bond acceptors (Lipinski definition) is 3. The summed E-state index contributed by atoms with van der Waals surface area (Å²) in [6.45, 7) is 2.00.